The number of halogens is 1. The Morgan fingerprint density at radius 3 is 2.53 bits per heavy atom. The molecular formula is C12H17BrN2O3S. The molecule has 1 aromatic carbocycles. The van der Waals surface area contributed by atoms with Crippen LogP contribution in [-0.2, 0) is 14.8 Å². The summed E-state index contributed by atoms with van der Waals surface area (Å²) >= 11 is 3.27. The van der Waals surface area contributed by atoms with Crippen LogP contribution in [0.25, 0.3) is 0 Å². The quantitative estimate of drug-likeness (QED) is 0.845. The maximum absolute atomic E-state index is 12.5. The number of sulfonamides is 1. The molecule has 1 aliphatic rings. The minimum Gasteiger partial charge on any atom is -0.398 e. The predicted octanol–water partition coefficient (Wildman–Crippen LogP) is 1.83. The summed E-state index contributed by atoms with van der Waals surface area (Å²) in [6.45, 7) is 0.937. The second-order valence-electron chi connectivity index (χ2n) is 4.52. The van der Waals surface area contributed by atoms with Crippen LogP contribution in [0.1, 0.15) is 12.8 Å². The Kier molecular flexibility index (Phi) is 4.50. The van der Waals surface area contributed by atoms with Gasteiger partial charge in [-0.05, 0) is 31.0 Å². The molecule has 2 rings (SSSR count). The molecular weight excluding hydrogens is 332 g/mol. The molecule has 7 heteroatoms. The van der Waals surface area contributed by atoms with Crippen molar-refractivity contribution in [2.75, 3.05) is 25.9 Å². The van der Waals surface area contributed by atoms with Gasteiger partial charge in [0, 0.05) is 24.7 Å². The van der Waals surface area contributed by atoms with E-state index >= 15 is 0 Å². The van der Waals surface area contributed by atoms with Gasteiger partial charge in [-0.1, -0.05) is 15.9 Å². The number of ether oxygens (including phenoxy) is 1. The summed E-state index contributed by atoms with van der Waals surface area (Å²) in [6.07, 6.45) is 1.58. The van der Waals surface area contributed by atoms with Crippen LogP contribution in [0.4, 0.5) is 5.69 Å². The van der Waals surface area contributed by atoms with Gasteiger partial charge in [0.15, 0.2) is 0 Å². The summed E-state index contributed by atoms with van der Waals surface area (Å²) in [7, 11) is -1.85. The largest absolute Gasteiger partial charge is 0.398 e. The number of piperidine rings is 1. The lowest BCUT2D eigenvalue weighted by molar-refractivity contribution is 0.0604. The number of hydrogen-bond acceptors (Lipinski definition) is 4. The smallest absolute Gasteiger partial charge is 0.245 e. The van der Waals surface area contributed by atoms with Crippen molar-refractivity contribution in [2.45, 2.75) is 23.8 Å². The third kappa shape index (κ3) is 3.10. The highest BCUT2D eigenvalue weighted by molar-refractivity contribution is 9.10. The third-order valence-corrected chi connectivity index (χ3v) is 5.79. The normalized spacial score (nSPS) is 18.6. The summed E-state index contributed by atoms with van der Waals surface area (Å²) in [4.78, 5) is 0.173. The third-order valence-electron chi connectivity index (χ3n) is 3.32. The summed E-state index contributed by atoms with van der Waals surface area (Å²) in [5.74, 6) is 0. The van der Waals surface area contributed by atoms with Crippen molar-refractivity contribution in [3.63, 3.8) is 0 Å². The Morgan fingerprint density at radius 1 is 1.37 bits per heavy atom. The zero-order valence-electron chi connectivity index (χ0n) is 10.7. The van der Waals surface area contributed by atoms with Gasteiger partial charge in [-0.3, -0.25) is 0 Å². The van der Waals surface area contributed by atoms with Crippen LogP contribution < -0.4 is 5.73 Å². The van der Waals surface area contributed by atoms with E-state index in [2.05, 4.69) is 15.9 Å². The van der Waals surface area contributed by atoms with E-state index in [4.69, 9.17) is 10.5 Å². The molecule has 1 aliphatic heterocycles. The van der Waals surface area contributed by atoms with Gasteiger partial charge in [0.05, 0.1) is 11.8 Å². The van der Waals surface area contributed by atoms with Crippen LogP contribution in [0.3, 0.4) is 0 Å². The monoisotopic (exact) mass is 348 g/mol. The zero-order chi connectivity index (χ0) is 14.0. The molecule has 0 spiro atoms. The molecule has 0 unspecified atom stereocenters. The van der Waals surface area contributed by atoms with E-state index in [9.17, 15) is 8.42 Å². The number of nitrogens with two attached hydrogens (primary N) is 1. The van der Waals surface area contributed by atoms with Crippen LogP contribution >= 0.6 is 15.9 Å². The van der Waals surface area contributed by atoms with Crippen molar-refractivity contribution in [2.24, 2.45) is 0 Å². The summed E-state index contributed by atoms with van der Waals surface area (Å²) < 4.78 is 32.5. The lowest BCUT2D eigenvalue weighted by Gasteiger charge is -2.30. The average molecular weight is 349 g/mol. The predicted molar refractivity (Wildman–Crippen MR) is 77.3 cm³/mol. The van der Waals surface area contributed by atoms with Gasteiger partial charge >= 0.3 is 0 Å². The molecule has 106 valence electrons. The SMILES string of the molecule is COC1CCN(S(=O)(=O)c2ccc(Br)cc2N)CC1. The highest BCUT2D eigenvalue weighted by atomic mass is 79.9. The number of benzene rings is 1. The first-order valence-electron chi connectivity index (χ1n) is 6.03. The summed E-state index contributed by atoms with van der Waals surface area (Å²) in [6, 6.07) is 4.83. The highest BCUT2D eigenvalue weighted by Gasteiger charge is 2.30. The fourth-order valence-electron chi connectivity index (χ4n) is 2.20. The van der Waals surface area contributed by atoms with Crippen molar-refractivity contribution in [3.8, 4) is 0 Å². The maximum Gasteiger partial charge on any atom is 0.245 e. The molecule has 0 bridgehead atoms. The van der Waals surface area contributed by atoms with Crippen LogP contribution in [0.2, 0.25) is 0 Å². The molecule has 0 saturated carbocycles. The number of anilines is 1. The number of rotatable bonds is 3. The Balaban J connectivity index is 2.23. The van der Waals surface area contributed by atoms with Gasteiger partial charge in [0.1, 0.15) is 4.90 Å². The lowest BCUT2D eigenvalue weighted by atomic mass is 10.1. The average Bonchev–Trinajstić information content (AvgIpc) is 2.38. The van der Waals surface area contributed by atoms with E-state index in [-0.39, 0.29) is 16.7 Å². The van der Waals surface area contributed by atoms with E-state index in [1.807, 2.05) is 0 Å². The van der Waals surface area contributed by atoms with Gasteiger partial charge < -0.3 is 10.5 Å². The molecule has 0 radical (unpaired) electrons. The van der Waals surface area contributed by atoms with Crippen LogP contribution in [0.5, 0.6) is 0 Å². The van der Waals surface area contributed by atoms with Crippen LogP contribution in [0.15, 0.2) is 27.6 Å². The Bertz CT molecular complexity index is 554. The topological polar surface area (TPSA) is 72.6 Å². The molecule has 0 aromatic heterocycles. The minimum absolute atomic E-state index is 0.147. The van der Waals surface area contributed by atoms with Gasteiger partial charge in [-0.2, -0.15) is 4.31 Å². The molecule has 1 fully saturated rings. The second kappa shape index (κ2) is 5.78. The second-order valence-corrected chi connectivity index (χ2v) is 7.34. The van der Waals surface area contributed by atoms with E-state index in [0.29, 0.717) is 25.9 Å². The first-order chi connectivity index (χ1) is 8.95. The van der Waals surface area contributed by atoms with Crippen molar-refractivity contribution >= 4 is 31.6 Å². The van der Waals surface area contributed by atoms with Crippen molar-refractivity contribution < 1.29 is 13.2 Å². The Hall–Kier alpha value is -0.630. The number of nitrogen functional groups attached to an aromatic ring is 1. The Morgan fingerprint density at radius 2 is 2.00 bits per heavy atom. The molecule has 2 N–H and O–H groups in total. The Labute approximate surface area is 121 Å². The van der Waals surface area contributed by atoms with E-state index in [1.54, 1.807) is 19.2 Å². The molecule has 19 heavy (non-hydrogen) atoms. The summed E-state index contributed by atoms with van der Waals surface area (Å²) in [5, 5.41) is 0. The molecule has 1 saturated heterocycles. The number of nitrogens with zero attached hydrogens (tertiary/aromatic N) is 1. The van der Waals surface area contributed by atoms with Gasteiger partial charge in [-0.25, -0.2) is 8.42 Å². The molecule has 0 amide bonds. The van der Waals surface area contributed by atoms with Crippen LogP contribution in [-0.4, -0.2) is 39.0 Å². The maximum atomic E-state index is 12.5. The first kappa shape index (κ1) is 14.8. The van der Waals surface area contributed by atoms with E-state index in [0.717, 1.165) is 4.47 Å². The molecule has 0 atom stereocenters. The van der Waals surface area contributed by atoms with E-state index < -0.39 is 10.0 Å². The van der Waals surface area contributed by atoms with Crippen LogP contribution in [0, 0.1) is 0 Å². The minimum atomic E-state index is -3.51. The molecule has 0 aliphatic carbocycles. The molecule has 5 nitrogen and oxygen atoms in total. The van der Waals surface area contributed by atoms with Gasteiger partial charge in [-0.15, -0.1) is 0 Å². The van der Waals surface area contributed by atoms with Crippen molar-refractivity contribution in [3.05, 3.63) is 22.7 Å². The fraction of sp³-hybridized carbons (Fsp3) is 0.500. The fourth-order valence-corrected chi connectivity index (χ4v) is 4.15. The zero-order valence-corrected chi connectivity index (χ0v) is 13.1. The van der Waals surface area contributed by atoms with Crippen molar-refractivity contribution in [1.82, 2.24) is 4.31 Å². The lowest BCUT2D eigenvalue weighted by Crippen LogP contribution is -2.40. The van der Waals surface area contributed by atoms with Crippen molar-refractivity contribution in [1.29, 1.82) is 0 Å². The standard InChI is InChI=1S/C12H17BrN2O3S/c1-18-10-4-6-15(7-5-10)19(16,17)12-3-2-9(13)8-11(12)14/h2-3,8,10H,4-7,14H2,1H3. The molecule has 1 heterocycles. The van der Waals surface area contributed by atoms with Gasteiger partial charge in [0.25, 0.3) is 0 Å². The highest BCUT2D eigenvalue weighted by Crippen LogP contribution is 2.27. The molecule has 1 aromatic rings. The first-order valence-corrected chi connectivity index (χ1v) is 8.26. The number of hydrogen-bond donors (Lipinski definition) is 1. The summed E-state index contributed by atoms with van der Waals surface area (Å²) in [5.41, 5.74) is 6.07. The number of methoxy groups -OCH3 is 1. The van der Waals surface area contributed by atoms with E-state index in [1.165, 1.54) is 10.4 Å². The van der Waals surface area contributed by atoms with Gasteiger partial charge in [0.2, 0.25) is 10.0 Å².